The number of nitrogens with zero attached hydrogens (tertiary/aromatic N) is 4. The lowest BCUT2D eigenvalue weighted by Gasteiger charge is -2.11. The van der Waals surface area contributed by atoms with Crippen molar-refractivity contribution in [2.75, 3.05) is 11.9 Å². The number of aromatic nitrogens is 4. The Hall–Kier alpha value is -2.88. The molecule has 0 fully saturated rings. The highest BCUT2D eigenvalue weighted by Gasteiger charge is 2.30. The average Bonchev–Trinajstić information content (AvgIpc) is 2.99. The van der Waals surface area contributed by atoms with Crippen LogP contribution in [0.2, 0.25) is 5.02 Å². The summed E-state index contributed by atoms with van der Waals surface area (Å²) in [7, 11) is 0. The number of hydrogen-bond acceptors (Lipinski definition) is 6. The van der Waals surface area contributed by atoms with Gasteiger partial charge in [-0.15, -0.1) is 0 Å². The number of aryl methyl sites for hydroxylation is 2. The Balaban J connectivity index is 1.68. The highest BCUT2D eigenvalue weighted by molar-refractivity contribution is 6.32. The Morgan fingerprint density at radius 1 is 1.24 bits per heavy atom. The van der Waals surface area contributed by atoms with E-state index in [1.807, 2.05) is 13.8 Å². The van der Waals surface area contributed by atoms with Crippen LogP contribution in [0.4, 0.5) is 18.9 Å². The van der Waals surface area contributed by atoms with Crippen LogP contribution in [-0.2, 0) is 12.6 Å². The van der Waals surface area contributed by atoms with E-state index in [1.165, 1.54) is 6.20 Å². The van der Waals surface area contributed by atoms with E-state index in [0.717, 1.165) is 46.7 Å². The van der Waals surface area contributed by atoms with Crippen LogP contribution in [0.1, 0.15) is 29.0 Å². The van der Waals surface area contributed by atoms with Crippen molar-refractivity contribution in [1.29, 1.82) is 0 Å². The highest BCUT2D eigenvalue weighted by Crippen LogP contribution is 2.28. The molecule has 0 spiro atoms. The van der Waals surface area contributed by atoms with Gasteiger partial charge in [-0.1, -0.05) is 16.8 Å². The second-order valence-corrected chi connectivity index (χ2v) is 6.70. The zero-order valence-corrected chi connectivity index (χ0v) is 16.3. The molecule has 7 nitrogen and oxygen atoms in total. The molecule has 1 N–H and O–H groups in total. The lowest BCUT2D eigenvalue weighted by molar-refractivity contribution is -0.137. The maximum atomic E-state index is 12.6. The van der Waals surface area contributed by atoms with Crippen molar-refractivity contribution in [3.05, 3.63) is 62.5 Å². The lowest BCUT2D eigenvalue weighted by atomic mass is 10.1. The first kappa shape index (κ1) is 20.8. The monoisotopic (exact) mass is 427 g/mol. The molecule has 0 atom stereocenters. The largest absolute Gasteiger partial charge is 0.417 e. The molecule has 0 unspecified atom stereocenters. The van der Waals surface area contributed by atoms with Gasteiger partial charge in [0, 0.05) is 18.3 Å². The molecular formula is C18H17ClF3N5O2. The third-order valence-corrected chi connectivity index (χ3v) is 4.68. The zero-order chi connectivity index (χ0) is 21.2. The third kappa shape index (κ3) is 4.58. The van der Waals surface area contributed by atoms with Gasteiger partial charge in [-0.2, -0.15) is 23.0 Å². The smallest absolute Gasteiger partial charge is 0.382 e. The Labute approximate surface area is 168 Å². The summed E-state index contributed by atoms with van der Waals surface area (Å²) in [6.07, 6.45) is -1.06. The molecule has 0 aliphatic carbocycles. The summed E-state index contributed by atoms with van der Waals surface area (Å²) in [4.78, 5) is 16.1. The zero-order valence-electron chi connectivity index (χ0n) is 15.5. The van der Waals surface area contributed by atoms with Gasteiger partial charge < -0.3 is 9.84 Å². The van der Waals surface area contributed by atoms with Gasteiger partial charge >= 0.3 is 6.18 Å². The standard InChI is InChI=1S/C18H17ClF3N5O2/c1-10-13(11(2)29-26-10)4-3-7-23-14-9-25-27(17(28)16(14)19)15-6-5-12(8-24-15)18(20,21)22/h5-6,8-9,23H,3-4,7H2,1-2H3. The number of rotatable bonds is 6. The summed E-state index contributed by atoms with van der Waals surface area (Å²) in [5.74, 6) is 0.712. The molecule has 3 heterocycles. The number of pyridine rings is 1. The second kappa shape index (κ2) is 8.24. The fourth-order valence-electron chi connectivity index (χ4n) is 2.75. The van der Waals surface area contributed by atoms with Crippen LogP contribution < -0.4 is 10.9 Å². The first-order valence-electron chi connectivity index (χ1n) is 8.65. The van der Waals surface area contributed by atoms with E-state index in [4.69, 9.17) is 16.1 Å². The number of halogens is 4. The van der Waals surface area contributed by atoms with Gasteiger partial charge in [0.15, 0.2) is 5.82 Å². The van der Waals surface area contributed by atoms with E-state index < -0.39 is 17.3 Å². The molecule has 29 heavy (non-hydrogen) atoms. The molecule has 0 amide bonds. The van der Waals surface area contributed by atoms with Crippen LogP contribution >= 0.6 is 11.6 Å². The third-order valence-electron chi connectivity index (χ3n) is 4.31. The van der Waals surface area contributed by atoms with Crippen molar-refractivity contribution >= 4 is 17.3 Å². The van der Waals surface area contributed by atoms with Gasteiger partial charge in [0.05, 0.1) is 23.1 Å². The molecule has 0 radical (unpaired) electrons. The molecule has 0 saturated carbocycles. The Bertz CT molecular complexity index is 1040. The minimum atomic E-state index is -4.51. The van der Waals surface area contributed by atoms with E-state index in [0.29, 0.717) is 18.4 Å². The van der Waals surface area contributed by atoms with Crippen LogP contribution in [0, 0.1) is 13.8 Å². The summed E-state index contributed by atoms with van der Waals surface area (Å²) >= 11 is 6.11. The van der Waals surface area contributed by atoms with Gasteiger partial charge in [-0.3, -0.25) is 4.79 Å². The van der Waals surface area contributed by atoms with Crippen LogP contribution in [-0.4, -0.2) is 26.5 Å². The predicted molar refractivity (Wildman–Crippen MR) is 100 cm³/mol. The molecule has 3 aromatic heterocycles. The van der Waals surface area contributed by atoms with Crippen LogP contribution in [0.15, 0.2) is 33.8 Å². The minimum absolute atomic E-state index is 0.0603. The van der Waals surface area contributed by atoms with E-state index in [9.17, 15) is 18.0 Å². The SMILES string of the molecule is Cc1noc(C)c1CCCNc1cnn(-c2ccc(C(F)(F)F)cn2)c(=O)c1Cl. The molecular weight excluding hydrogens is 411 g/mol. The Kier molecular flexibility index (Phi) is 5.92. The number of nitrogens with one attached hydrogen (secondary N) is 1. The molecule has 11 heteroatoms. The summed E-state index contributed by atoms with van der Waals surface area (Å²) in [6, 6.07) is 1.88. The topological polar surface area (TPSA) is 85.8 Å². The summed E-state index contributed by atoms with van der Waals surface area (Å²) in [6.45, 7) is 4.24. The number of anilines is 1. The number of hydrogen-bond donors (Lipinski definition) is 1. The molecule has 0 aliphatic rings. The van der Waals surface area contributed by atoms with Gasteiger partial charge in [0.2, 0.25) is 0 Å². The number of alkyl halides is 3. The first-order chi connectivity index (χ1) is 13.7. The molecule has 3 aromatic rings. The second-order valence-electron chi connectivity index (χ2n) is 6.33. The fraction of sp³-hybridized carbons (Fsp3) is 0.333. The van der Waals surface area contributed by atoms with Crippen molar-refractivity contribution in [1.82, 2.24) is 19.9 Å². The highest BCUT2D eigenvalue weighted by atomic mass is 35.5. The molecule has 0 saturated heterocycles. The van der Waals surface area contributed by atoms with E-state index in [1.54, 1.807) is 0 Å². The molecule has 0 bridgehead atoms. The summed E-state index contributed by atoms with van der Waals surface area (Å²) in [5.41, 5.74) is 0.610. The van der Waals surface area contributed by atoms with Crippen molar-refractivity contribution in [3.63, 3.8) is 0 Å². The van der Waals surface area contributed by atoms with Gasteiger partial charge in [0.25, 0.3) is 5.56 Å². The van der Waals surface area contributed by atoms with E-state index >= 15 is 0 Å². The van der Waals surface area contributed by atoms with Crippen molar-refractivity contribution in [2.45, 2.75) is 32.9 Å². The normalized spacial score (nSPS) is 11.7. The van der Waals surface area contributed by atoms with Crippen LogP contribution in [0.3, 0.4) is 0 Å². The molecule has 0 aromatic carbocycles. The van der Waals surface area contributed by atoms with Crippen molar-refractivity contribution in [2.24, 2.45) is 0 Å². The first-order valence-corrected chi connectivity index (χ1v) is 9.03. The van der Waals surface area contributed by atoms with Gasteiger partial charge in [0.1, 0.15) is 10.8 Å². The predicted octanol–water partition coefficient (Wildman–Crippen LogP) is 3.95. The Morgan fingerprint density at radius 2 is 2.00 bits per heavy atom. The lowest BCUT2D eigenvalue weighted by Crippen LogP contribution is -2.24. The molecule has 0 aliphatic heterocycles. The van der Waals surface area contributed by atoms with Crippen LogP contribution in [0.25, 0.3) is 5.82 Å². The van der Waals surface area contributed by atoms with Gasteiger partial charge in [-0.05, 0) is 38.8 Å². The fourth-order valence-corrected chi connectivity index (χ4v) is 2.94. The average molecular weight is 428 g/mol. The van der Waals surface area contributed by atoms with Gasteiger partial charge in [-0.25, -0.2) is 4.98 Å². The molecule has 3 rings (SSSR count). The van der Waals surface area contributed by atoms with Crippen molar-refractivity contribution < 1.29 is 17.7 Å². The Morgan fingerprint density at radius 3 is 2.59 bits per heavy atom. The summed E-state index contributed by atoms with van der Waals surface area (Å²) < 4.78 is 43.9. The maximum absolute atomic E-state index is 12.6. The quantitative estimate of drug-likeness (QED) is 0.599. The summed E-state index contributed by atoms with van der Waals surface area (Å²) in [5, 5.41) is 10.8. The van der Waals surface area contributed by atoms with E-state index in [2.05, 4.69) is 20.6 Å². The maximum Gasteiger partial charge on any atom is 0.417 e. The minimum Gasteiger partial charge on any atom is -0.382 e. The van der Waals surface area contributed by atoms with Crippen molar-refractivity contribution in [3.8, 4) is 5.82 Å². The van der Waals surface area contributed by atoms with Crippen LogP contribution in [0.5, 0.6) is 0 Å². The van der Waals surface area contributed by atoms with E-state index in [-0.39, 0.29) is 10.8 Å². The molecule has 154 valence electrons.